The third-order valence-electron chi connectivity index (χ3n) is 3.49. The Labute approximate surface area is 143 Å². The van der Waals surface area contributed by atoms with E-state index >= 15 is 0 Å². The van der Waals surface area contributed by atoms with Crippen molar-refractivity contribution < 1.29 is 14.3 Å². The first-order chi connectivity index (χ1) is 10.3. The predicted molar refractivity (Wildman–Crippen MR) is 87.5 cm³/mol. The fourth-order valence-electron chi connectivity index (χ4n) is 2.42. The van der Waals surface area contributed by atoms with Crippen LogP contribution in [-0.2, 0) is 14.3 Å². The molecule has 1 aliphatic carbocycles. The second-order valence-corrected chi connectivity index (χ2v) is 6.35. The van der Waals surface area contributed by atoms with Crippen molar-refractivity contribution in [2.45, 2.75) is 13.3 Å². The van der Waals surface area contributed by atoms with E-state index in [1.807, 2.05) is 6.92 Å². The van der Waals surface area contributed by atoms with Crippen molar-refractivity contribution in [1.82, 2.24) is 0 Å². The maximum atomic E-state index is 12.1. The van der Waals surface area contributed by atoms with Crippen molar-refractivity contribution in [2.24, 2.45) is 11.8 Å². The number of nitrogens with one attached hydrogen (secondary N) is 1. The summed E-state index contributed by atoms with van der Waals surface area (Å²) in [4.78, 5) is 23.8. The standard InChI is InChI=1S/C15H14Cl3NO3/c1-7-3-8(4-13(20)14(7)15(21)22-2)19-12-6-10(17)9(16)5-11(12)18/h4-7,14,19H,3H2,1-2H3/t7-,14+/m1/s1. The van der Waals surface area contributed by atoms with Crippen LogP contribution in [0, 0.1) is 11.8 Å². The molecule has 1 N–H and O–H groups in total. The van der Waals surface area contributed by atoms with E-state index in [0.717, 1.165) is 0 Å². The fraction of sp³-hybridized carbons (Fsp3) is 0.333. The van der Waals surface area contributed by atoms with E-state index in [2.05, 4.69) is 10.1 Å². The van der Waals surface area contributed by atoms with E-state index in [1.54, 1.807) is 6.07 Å². The number of carbonyl (C=O) groups is 2. The van der Waals surface area contributed by atoms with Crippen LogP contribution in [0.25, 0.3) is 0 Å². The highest BCUT2D eigenvalue weighted by Gasteiger charge is 2.35. The summed E-state index contributed by atoms with van der Waals surface area (Å²) in [5.41, 5.74) is 1.22. The van der Waals surface area contributed by atoms with Crippen molar-refractivity contribution in [1.29, 1.82) is 0 Å². The summed E-state index contributed by atoms with van der Waals surface area (Å²) in [5.74, 6) is -1.74. The molecule has 1 aliphatic rings. The SMILES string of the molecule is COC(=O)[C@@H]1C(=O)C=C(Nc2cc(Cl)c(Cl)cc2Cl)C[C@H]1C. The number of hydrogen-bond acceptors (Lipinski definition) is 4. The van der Waals surface area contributed by atoms with Gasteiger partial charge in [-0.3, -0.25) is 9.59 Å². The van der Waals surface area contributed by atoms with Crippen LogP contribution in [0.15, 0.2) is 23.9 Å². The van der Waals surface area contributed by atoms with Gasteiger partial charge in [-0.1, -0.05) is 41.7 Å². The number of hydrogen-bond donors (Lipinski definition) is 1. The number of allylic oxidation sites excluding steroid dienone is 2. The Balaban J connectivity index is 2.23. The number of esters is 1. The Morgan fingerprint density at radius 3 is 2.45 bits per heavy atom. The second kappa shape index (κ2) is 6.90. The van der Waals surface area contributed by atoms with Crippen LogP contribution in [0.4, 0.5) is 5.69 Å². The average Bonchev–Trinajstić information content (AvgIpc) is 2.43. The molecule has 0 unspecified atom stereocenters. The molecule has 0 heterocycles. The van der Waals surface area contributed by atoms with Crippen molar-refractivity contribution >= 4 is 52.2 Å². The quantitative estimate of drug-likeness (QED) is 0.494. The van der Waals surface area contributed by atoms with Crippen LogP contribution in [-0.4, -0.2) is 18.9 Å². The molecule has 0 bridgehead atoms. The van der Waals surface area contributed by atoms with E-state index in [0.29, 0.717) is 32.9 Å². The summed E-state index contributed by atoms with van der Waals surface area (Å²) in [6, 6.07) is 3.12. The lowest BCUT2D eigenvalue weighted by atomic mass is 9.82. The minimum Gasteiger partial charge on any atom is -0.468 e. The molecule has 1 aromatic rings. The minimum atomic E-state index is -0.764. The topological polar surface area (TPSA) is 55.4 Å². The zero-order valence-corrected chi connectivity index (χ0v) is 14.2. The predicted octanol–water partition coefficient (Wildman–Crippen LogP) is 4.34. The molecule has 2 atom stereocenters. The summed E-state index contributed by atoms with van der Waals surface area (Å²) in [7, 11) is 1.27. The largest absolute Gasteiger partial charge is 0.468 e. The Morgan fingerprint density at radius 2 is 1.86 bits per heavy atom. The van der Waals surface area contributed by atoms with Crippen LogP contribution in [0.2, 0.25) is 15.1 Å². The zero-order valence-electron chi connectivity index (χ0n) is 12.0. The van der Waals surface area contributed by atoms with Gasteiger partial charge < -0.3 is 10.1 Å². The van der Waals surface area contributed by atoms with E-state index in [-0.39, 0.29) is 11.7 Å². The molecule has 0 aromatic heterocycles. The summed E-state index contributed by atoms with van der Waals surface area (Å²) in [5, 5.41) is 4.17. The summed E-state index contributed by atoms with van der Waals surface area (Å²) >= 11 is 18.0. The Bertz CT molecular complexity index is 658. The zero-order chi connectivity index (χ0) is 16.4. The van der Waals surface area contributed by atoms with Crippen molar-refractivity contribution in [3.8, 4) is 0 Å². The van der Waals surface area contributed by atoms with Gasteiger partial charge in [0.2, 0.25) is 0 Å². The molecule has 4 nitrogen and oxygen atoms in total. The normalized spacial score (nSPS) is 21.3. The van der Waals surface area contributed by atoms with Crippen LogP contribution < -0.4 is 5.32 Å². The minimum absolute atomic E-state index is 0.172. The lowest BCUT2D eigenvalue weighted by Gasteiger charge is -2.26. The highest BCUT2D eigenvalue weighted by Crippen LogP contribution is 2.35. The molecule has 2 rings (SSSR count). The Morgan fingerprint density at radius 1 is 1.23 bits per heavy atom. The van der Waals surface area contributed by atoms with Gasteiger partial charge in [0.05, 0.1) is 27.9 Å². The number of benzene rings is 1. The molecular weight excluding hydrogens is 349 g/mol. The van der Waals surface area contributed by atoms with Gasteiger partial charge in [0.25, 0.3) is 0 Å². The van der Waals surface area contributed by atoms with Crippen LogP contribution in [0.3, 0.4) is 0 Å². The lowest BCUT2D eigenvalue weighted by molar-refractivity contribution is -0.150. The highest BCUT2D eigenvalue weighted by atomic mass is 35.5. The van der Waals surface area contributed by atoms with Gasteiger partial charge in [-0.15, -0.1) is 0 Å². The monoisotopic (exact) mass is 361 g/mol. The van der Waals surface area contributed by atoms with Crippen LogP contribution >= 0.6 is 34.8 Å². The van der Waals surface area contributed by atoms with Gasteiger partial charge in [0.15, 0.2) is 5.78 Å². The average molecular weight is 363 g/mol. The third-order valence-corrected chi connectivity index (χ3v) is 4.53. The van der Waals surface area contributed by atoms with Crippen molar-refractivity contribution in [3.63, 3.8) is 0 Å². The fourth-order valence-corrected chi connectivity index (χ4v) is 3.01. The molecule has 0 radical (unpaired) electrons. The van der Waals surface area contributed by atoms with Gasteiger partial charge in [-0.2, -0.15) is 0 Å². The first-order valence-electron chi connectivity index (χ1n) is 6.57. The molecule has 7 heteroatoms. The summed E-state index contributed by atoms with van der Waals surface area (Å²) < 4.78 is 4.67. The molecule has 0 fully saturated rings. The van der Waals surface area contributed by atoms with Gasteiger partial charge in [-0.05, 0) is 24.5 Å². The Kier molecular flexibility index (Phi) is 5.37. The number of halogens is 3. The lowest BCUT2D eigenvalue weighted by Crippen LogP contribution is -2.34. The number of anilines is 1. The maximum absolute atomic E-state index is 12.1. The van der Waals surface area contributed by atoms with E-state index in [1.165, 1.54) is 19.3 Å². The molecule has 1 aromatic carbocycles. The highest BCUT2D eigenvalue weighted by molar-refractivity contribution is 6.44. The van der Waals surface area contributed by atoms with Crippen molar-refractivity contribution in [3.05, 3.63) is 39.0 Å². The molecule has 22 heavy (non-hydrogen) atoms. The van der Waals surface area contributed by atoms with Crippen LogP contribution in [0.1, 0.15) is 13.3 Å². The summed E-state index contributed by atoms with van der Waals surface area (Å²) in [6.07, 6.45) is 1.92. The van der Waals surface area contributed by atoms with Gasteiger partial charge in [0.1, 0.15) is 5.92 Å². The molecular formula is C15H14Cl3NO3. The number of rotatable bonds is 3. The molecule has 0 spiro atoms. The van der Waals surface area contributed by atoms with Crippen molar-refractivity contribution in [2.75, 3.05) is 12.4 Å². The first-order valence-corrected chi connectivity index (χ1v) is 7.70. The van der Waals surface area contributed by atoms with Gasteiger partial charge in [0, 0.05) is 11.8 Å². The van der Waals surface area contributed by atoms with E-state index in [9.17, 15) is 9.59 Å². The van der Waals surface area contributed by atoms with E-state index < -0.39 is 11.9 Å². The smallest absolute Gasteiger partial charge is 0.316 e. The second-order valence-electron chi connectivity index (χ2n) is 5.13. The first kappa shape index (κ1) is 17.1. The molecule has 0 aliphatic heterocycles. The number of ketones is 1. The summed E-state index contributed by atoms with van der Waals surface area (Å²) in [6.45, 7) is 1.82. The maximum Gasteiger partial charge on any atom is 0.316 e. The Hall–Kier alpha value is -1.23. The molecule has 0 amide bonds. The van der Waals surface area contributed by atoms with Gasteiger partial charge in [-0.25, -0.2) is 0 Å². The molecule has 0 saturated heterocycles. The molecule has 0 saturated carbocycles. The number of ether oxygens (including phenoxy) is 1. The number of carbonyl (C=O) groups excluding carboxylic acids is 2. The molecule has 118 valence electrons. The third kappa shape index (κ3) is 3.57. The van der Waals surface area contributed by atoms with Gasteiger partial charge >= 0.3 is 5.97 Å². The number of methoxy groups -OCH3 is 1. The van der Waals surface area contributed by atoms with E-state index in [4.69, 9.17) is 34.8 Å². The van der Waals surface area contributed by atoms with Crippen LogP contribution in [0.5, 0.6) is 0 Å².